The van der Waals surface area contributed by atoms with Crippen LogP contribution < -0.4 is 0 Å². The number of pyridine rings is 1. The number of aryl methyl sites for hydroxylation is 1. The normalized spacial score (nSPS) is 10.8. The Balaban J connectivity index is 2.19. The van der Waals surface area contributed by atoms with Crippen molar-refractivity contribution in [2.45, 2.75) is 17.0 Å². The van der Waals surface area contributed by atoms with Crippen molar-refractivity contribution in [3.05, 3.63) is 41.9 Å². The molecule has 0 bridgehead atoms. The average Bonchev–Trinajstić information content (AvgIpc) is 2.84. The summed E-state index contributed by atoms with van der Waals surface area (Å²) in [6.45, 7) is 1.68. The van der Waals surface area contributed by atoms with Gasteiger partial charge < -0.3 is 9.52 Å². The van der Waals surface area contributed by atoms with E-state index in [0.29, 0.717) is 16.0 Å². The lowest BCUT2D eigenvalue weighted by atomic mass is 10.1. The fourth-order valence-electron chi connectivity index (χ4n) is 1.79. The van der Waals surface area contributed by atoms with Crippen molar-refractivity contribution in [1.29, 1.82) is 0 Å². The quantitative estimate of drug-likeness (QED) is 0.792. The number of hydrogen-bond donors (Lipinski definition) is 1. The van der Waals surface area contributed by atoms with E-state index >= 15 is 0 Å². The van der Waals surface area contributed by atoms with E-state index in [4.69, 9.17) is 4.42 Å². The Kier molecular flexibility index (Phi) is 3.11. The summed E-state index contributed by atoms with van der Waals surface area (Å²) in [5, 5.41) is 18.0. The first kappa shape index (κ1) is 12.6. The third-order valence-electron chi connectivity index (χ3n) is 2.65. The Morgan fingerprint density at radius 1 is 1.30 bits per heavy atom. The summed E-state index contributed by atoms with van der Waals surface area (Å²) < 4.78 is 5.30. The van der Waals surface area contributed by atoms with Gasteiger partial charge in [-0.05, 0) is 17.8 Å². The van der Waals surface area contributed by atoms with E-state index in [1.54, 1.807) is 6.92 Å². The van der Waals surface area contributed by atoms with Gasteiger partial charge in [0.05, 0.1) is 11.1 Å². The molecule has 0 aliphatic heterocycles. The number of para-hydroxylation sites is 1. The van der Waals surface area contributed by atoms with E-state index < -0.39 is 5.97 Å². The third kappa shape index (κ3) is 2.23. The number of fused-ring (bicyclic) bond motifs is 1. The smallest absolute Gasteiger partial charge is 0.338 e. The first-order valence-corrected chi connectivity index (χ1v) is 6.56. The summed E-state index contributed by atoms with van der Waals surface area (Å²) in [5.74, 6) is -0.607. The van der Waals surface area contributed by atoms with E-state index in [0.717, 1.165) is 22.7 Å². The number of rotatable bonds is 3. The van der Waals surface area contributed by atoms with Crippen LogP contribution in [0.3, 0.4) is 0 Å². The van der Waals surface area contributed by atoms with Crippen LogP contribution in [0.2, 0.25) is 0 Å². The zero-order valence-electron chi connectivity index (χ0n) is 10.4. The second-order valence-corrected chi connectivity index (χ2v) is 4.97. The molecule has 0 spiro atoms. The maximum atomic E-state index is 11.3. The standard InChI is InChI=1S/C13H9N3O3S/c1-7-15-16-13(19-7)20-11-8-4-2-3-5-10(8)14-6-9(11)12(17)18/h2-6H,1H3,(H,17,18). The Hall–Kier alpha value is -2.41. The summed E-state index contributed by atoms with van der Waals surface area (Å²) in [6, 6.07) is 7.32. The predicted molar refractivity (Wildman–Crippen MR) is 71.9 cm³/mol. The van der Waals surface area contributed by atoms with Crippen LogP contribution in [0.1, 0.15) is 16.2 Å². The van der Waals surface area contributed by atoms with E-state index in [1.165, 1.54) is 6.20 Å². The number of carboxylic acid groups (broad SMARTS) is 1. The molecule has 20 heavy (non-hydrogen) atoms. The molecule has 0 aliphatic carbocycles. The zero-order chi connectivity index (χ0) is 14.1. The minimum atomic E-state index is -1.04. The Morgan fingerprint density at radius 3 is 2.80 bits per heavy atom. The first-order valence-electron chi connectivity index (χ1n) is 5.74. The molecular formula is C13H9N3O3S. The molecule has 3 aromatic rings. The van der Waals surface area contributed by atoms with Crippen LogP contribution in [0.4, 0.5) is 0 Å². The lowest BCUT2D eigenvalue weighted by Gasteiger charge is -2.06. The molecule has 0 unspecified atom stereocenters. The summed E-state index contributed by atoms with van der Waals surface area (Å²) in [6.07, 6.45) is 1.34. The number of aromatic nitrogens is 3. The van der Waals surface area contributed by atoms with Crippen molar-refractivity contribution < 1.29 is 14.3 Å². The highest BCUT2D eigenvalue weighted by Crippen LogP contribution is 2.34. The molecule has 2 heterocycles. The fraction of sp³-hybridized carbons (Fsp3) is 0.0769. The topological polar surface area (TPSA) is 89.1 Å². The molecule has 0 radical (unpaired) electrons. The van der Waals surface area contributed by atoms with Gasteiger partial charge >= 0.3 is 5.97 Å². The molecule has 3 rings (SSSR count). The first-order chi connectivity index (χ1) is 9.65. The van der Waals surface area contributed by atoms with Crippen molar-refractivity contribution in [1.82, 2.24) is 15.2 Å². The maximum Gasteiger partial charge on any atom is 0.338 e. The molecule has 0 saturated carbocycles. The van der Waals surface area contributed by atoms with Gasteiger partial charge in [-0.3, -0.25) is 4.98 Å². The minimum absolute atomic E-state index is 0.115. The molecular weight excluding hydrogens is 278 g/mol. The summed E-state index contributed by atoms with van der Waals surface area (Å²) >= 11 is 1.13. The number of carbonyl (C=O) groups is 1. The molecule has 1 N–H and O–H groups in total. The zero-order valence-corrected chi connectivity index (χ0v) is 11.2. The monoisotopic (exact) mass is 287 g/mol. The van der Waals surface area contributed by atoms with Crippen LogP contribution in [0.25, 0.3) is 10.9 Å². The van der Waals surface area contributed by atoms with Crippen molar-refractivity contribution in [3.8, 4) is 0 Å². The second kappa shape index (κ2) is 4.93. The number of nitrogens with zero attached hydrogens (tertiary/aromatic N) is 3. The third-order valence-corrected chi connectivity index (χ3v) is 3.64. The molecule has 0 aliphatic rings. The van der Waals surface area contributed by atoms with Gasteiger partial charge in [-0.2, -0.15) is 0 Å². The highest BCUT2D eigenvalue weighted by molar-refractivity contribution is 7.99. The van der Waals surface area contributed by atoms with Gasteiger partial charge in [0.1, 0.15) is 0 Å². The van der Waals surface area contributed by atoms with Crippen LogP contribution in [-0.2, 0) is 0 Å². The van der Waals surface area contributed by atoms with Crippen LogP contribution in [-0.4, -0.2) is 26.3 Å². The molecule has 0 fully saturated rings. The Bertz CT molecular complexity index is 800. The highest BCUT2D eigenvalue weighted by Gasteiger charge is 2.18. The van der Waals surface area contributed by atoms with Crippen LogP contribution in [0, 0.1) is 6.92 Å². The number of benzene rings is 1. The van der Waals surface area contributed by atoms with Gasteiger partial charge in [-0.15, -0.1) is 10.2 Å². The Morgan fingerprint density at radius 2 is 2.10 bits per heavy atom. The number of carboxylic acids is 1. The molecule has 0 amide bonds. The maximum absolute atomic E-state index is 11.3. The average molecular weight is 287 g/mol. The van der Waals surface area contributed by atoms with E-state index in [1.807, 2.05) is 24.3 Å². The van der Waals surface area contributed by atoms with Gasteiger partial charge in [-0.25, -0.2) is 4.79 Å². The lowest BCUT2D eigenvalue weighted by molar-refractivity contribution is 0.0693. The molecule has 100 valence electrons. The molecule has 1 aromatic carbocycles. The molecule has 0 atom stereocenters. The van der Waals surface area contributed by atoms with Gasteiger partial charge in [0, 0.05) is 23.4 Å². The van der Waals surface area contributed by atoms with Gasteiger partial charge in [0.25, 0.3) is 5.22 Å². The molecule has 7 heteroatoms. The van der Waals surface area contributed by atoms with Crippen LogP contribution >= 0.6 is 11.8 Å². The predicted octanol–water partition coefficient (Wildman–Crippen LogP) is 2.78. The fourth-order valence-corrected chi connectivity index (χ4v) is 2.74. The number of hydrogen-bond acceptors (Lipinski definition) is 6. The number of aromatic carboxylic acids is 1. The van der Waals surface area contributed by atoms with E-state index in [2.05, 4.69) is 15.2 Å². The summed E-state index contributed by atoms with van der Waals surface area (Å²) in [5.41, 5.74) is 0.834. The second-order valence-electron chi connectivity index (χ2n) is 4.01. The SMILES string of the molecule is Cc1nnc(Sc2c(C(=O)O)cnc3ccccc23)o1. The molecule has 2 aromatic heterocycles. The molecule has 6 nitrogen and oxygen atoms in total. The van der Waals surface area contributed by atoms with Crippen molar-refractivity contribution in [2.24, 2.45) is 0 Å². The van der Waals surface area contributed by atoms with Crippen molar-refractivity contribution in [3.63, 3.8) is 0 Å². The van der Waals surface area contributed by atoms with Gasteiger partial charge in [0.15, 0.2) is 0 Å². The van der Waals surface area contributed by atoms with Crippen molar-refractivity contribution in [2.75, 3.05) is 0 Å². The van der Waals surface area contributed by atoms with E-state index in [-0.39, 0.29) is 5.56 Å². The summed E-state index contributed by atoms with van der Waals surface area (Å²) in [4.78, 5) is 16.0. The van der Waals surface area contributed by atoms with Gasteiger partial charge in [-0.1, -0.05) is 18.2 Å². The van der Waals surface area contributed by atoms with Crippen LogP contribution in [0.15, 0.2) is 45.0 Å². The largest absolute Gasteiger partial charge is 0.478 e. The highest BCUT2D eigenvalue weighted by atomic mass is 32.2. The van der Waals surface area contributed by atoms with Crippen molar-refractivity contribution >= 4 is 28.6 Å². The van der Waals surface area contributed by atoms with Gasteiger partial charge in [0.2, 0.25) is 5.89 Å². The van der Waals surface area contributed by atoms with E-state index in [9.17, 15) is 9.90 Å². The molecule has 0 saturated heterocycles. The lowest BCUT2D eigenvalue weighted by Crippen LogP contribution is -2.01. The Labute approximate surface area is 117 Å². The minimum Gasteiger partial charge on any atom is -0.478 e. The summed E-state index contributed by atoms with van der Waals surface area (Å²) in [7, 11) is 0. The van der Waals surface area contributed by atoms with Crippen LogP contribution in [0.5, 0.6) is 0 Å².